The molecular formula is C24H29N2O9PS. The number of carbonyl (C=O) groups is 3. The van der Waals surface area contributed by atoms with Gasteiger partial charge in [-0.3, -0.25) is 19.3 Å². The molecule has 0 aliphatic carbocycles. The lowest BCUT2D eigenvalue weighted by Gasteiger charge is -2.33. The highest BCUT2D eigenvalue weighted by molar-refractivity contribution is 8.09. The number of terminal acetylenes is 1. The van der Waals surface area contributed by atoms with Gasteiger partial charge in [0.15, 0.2) is 17.6 Å². The molecule has 1 fully saturated rings. The van der Waals surface area contributed by atoms with E-state index in [1.807, 2.05) is 0 Å². The lowest BCUT2D eigenvalue weighted by Crippen LogP contribution is -2.55. The highest BCUT2D eigenvalue weighted by atomic mass is 32.5. The van der Waals surface area contributed by atoms with E-state index in [-0.39, 0.29) is 6.10 Å². The van der Waals surface area contributed by atoms with Crippen LogP contribution in [0, 0.1) is 12.3 Å². The van der Waals surface area contributed by atoms with Crippen molar-refractivity contribution in [1.29, 1.82) is 0 Å². The zero-order chi connectivity index (χ0) is 27.4. The Hall–Kier alpha value is -2.62. The number of nitrogens with one attached hydrogen (secondary N) is 1. The normalized spacial score (nSPS) is 28.0. The average Bonchev–Trinajstić information content (AvgIpc) is 3.08. The summed E-state index contributed by atoms with van der Waals surface area (Å²) < 4.78 is 22.7. The molecular weight excluding hydrogens is 523 g/mol. The third-order valence-corrected chi connectivity index (χ3v) is 7.94. The number of ketones is 1. The van der Waals surface area contributed by atoms with Gasteiger partial charge in [-0.25, -0.2) is 5.09 Å². The zero-order valence-corrected chi connectivity index (χ0v) is 22.2. The van der Waals surface area contributed by atoms with Crippen molar-refractivity contribution in [1.82, 2.24) is 9.99 Å². The lowest BCUT2D eigenvalue weighted by molar-refractivity contribution is -0.153. The van der Waals surface area contributed by atoms with Crippen molar-refractivity contribution in [3.63, 3.8) is 0 Å². The predicted octanol–water partition coefficient (Wildman–Crippen LogP) is 1.00. The van der Waals surface area contributed by atoms with Gasteiger partial charge in [0.2, 0.25) is 5.91 Å². The number of aliphatic hydroxyl groups is 2. The molecule has 13 heteroatoms. The summed E-state index contributed by atoms with van der Waals surface area (Å²) in [5.74, 6) is 0.803. The summed E-state index contributed by atoms with van der Waals surface area (Å²) in [6.07, 6.45) is 2.58. The summed E-state index contributed by atoms with van der Waals surface area (Å²) in [6.45, 7) is 1.05. The SMILES string of the molecule is C#C[C@@]1(O)[C@H](O)[C@@H](CO[P@@](=S)(N[C@@H](C)C(=O)OC(C)C)Oc2ccccc2)O[C@H]1N1C=CC(=O)CC1=O. The summed E-state index contributed by atoms with van der Waals surface area (Å²) in [6, 6.07) is 7.61. The molecule has 1 aromatic carbocycles. The minimum atomic E-state index is -3.48. The van der Waals surface area contributed by atoms with Gasteiger partial charge in [0.05, 0.1) is 19.1 Å². The standard InChI is InChI=1S/C24H29N2O9PS/c1-5-24(31)21(29)19(34-23(24)26-12-11-17(27)13-20(26)28)14-32-36(37,35-18-9-7-6-8-10-18)25-16(4)22(30)33-15(2)3/h1,6-12,15-16,19,21,23,29,31H,13-14H2,2-4H3,(H,25,37)/t16-,19+,21+,23+,24+,36-/m0/s1. The van der Waals surface area contributed by atoms with Crippen LogP contribution < -0.4 is 9.61 Å². The van der Waals surface area contributed by atoms with Gasteiger partial charge in [-0.1, -0.05) is 24.1 Å². The molecule has 1 aromatic rings. The Morgan fingerprint density at radius 3 is 2.62 bits per heavy atom. The topological polar surface area (TPSA) is 144 Å². The molecule has 0 unspecified atom stereocenters. The fraction of sp³-hybridized carbons (Fsp3) is 0.458. The van der Waals surface area contributed by atoms with Crippen LogP contribution in [-0.4, -0.2) is 75.6 Å². The number of esters is 1. The highest BCUT2D eigenvalue weighted by Crippen LogP contribution is 2.46. The second-order valence-electron chi connectivity index (χ2n) is 8.74. The van der Waals surface area contributed by atoms with E-state index < -0.39 is 67.4 Å². The quantitative estimate of drug-likeness (QED) is 0.166. The minimum Gasteiger partial charge on any atom is -0.462 e. The Morgan fingerprint density at radius 2 is 2.03 bits per heavy atom. The number of carbonyl (C=O) groups excluding carboxylic acids is 3. The van der Waals surface area contributed by atoms with E-state index >= 15 is 0 Å². The first-order valence-corrected chi connectivity index (χ1v) is 14.1. The summed E-state index contributed by atoms with van der Waals surface area (Å²) >= 11 is 5.63. The largest absolute Gasteiger partial charge is 0.462 e. The molecule has 0 bridgehead atoms. The Bertz CT molecular complexity index is 1140. The van der Waals surface area contributed by atoms with E-state index in [1.165, 1.54) is 6.92 Å². The zero-order valence-electron chi connectivity index (χ0n) is 20.5. The van der Waals surface area contributed by atoms with E-state index in [4.69, 9.17) is 36.8 Å². The Balaban J connectivity index is 1.80. The number of hydrogen-bond acceptors (Lipinski definition) is 10. The Labute approximate surface area is 219 Å². The third-order valence-electron chi connectivity index (χ3n) is 5.44. The Kier molecular flexibility index (Phi) is 9.26. The van der Waals surface area contributed by atoms with E-state index in [0.29, 0.717) is 5.75 Å². The molecule has 200 valence electrons. The summed E-state index contributed by atoms with van der Waals surface area (Å²) in [4.78, 5) is 37.3. The van der Waals surface area contributed by atoms with Crippen LogP contribution in [0.4, 0.5) is 0 Å². The number of ether oxygens (including phenoxy) is 2. The number of amides is 1. The molecule has 3 N–H and O–H groups in total. The first-order chi connectivity index (χ1) is 17.4. The molecule has 2 heterocycles. The maximum atomic E-state index is 12.4. The van der Waals surface area contributed by atoms with Crippen LogP contribution in [0.2, 0.25) is 0 Å². The summed E-state index contributed by atoms with van der Waals surface area (Å²) in [5.41, 5.74) is -2.31. The molecule has 0 radical (unpaired) electrons. The van der Waals surface area contributed by atoms with Crippen LogP contribution in [0.15, 0.2) is 42.6 Å². The van der Waals surface area contributed by atoms with Crippen molar-refractivity contribution in [3.05, 3.63) is 42.6 Å². The van der Waals surface area contributed by atoms with Crippen LogP contribution in [0.5, 0.6) is 5.75 Å². The van der Waals surface area contributed by atoms with Gasteiger partial charge < -0.3 is 28.7 Å². The molecule has 1 amide bonds. The van der Waals surface area contributed by atoms with Crippen molar-refractivity contribution in [3.8, 4) is 18.1 Å². The van der Waals surface area contributed by atoms with Crippen molar-refractivity contribution in [2.45, 2.75) is 63.4 Å². The number of hydrogen-bond donors (Lipinski definition) is 3. The molecule has 1 saturated heterocycles. The number of aliphatic hydroxyl groups excluding tert-OH is 1. The van der Waals surface area contributed by atoms with Gasteiger partial charge in [-0.15, -0.1) is 6.42 Å². The third kappa shape index (κ3) is 6.83. The van der Waals surface area contributed by atoms with E-state index in [9.17, 15) is 24.6 Å². The predicted molar refractivity (Wildman–Crippen MR) is 135 cm³/mol. The number of para-hydroxylation sites is 1. The average molecular weight is 553 g/mol. The molecule has 11 nitrogen and oxygen atoms in total. The van der Waals surface area contributed by atoms with Crippen LogP contribution >= 0.6 is 6.64 Å². The molecule has 3 rings (SSSR count). The van der Waals surface area contributed by atoms with Gasteiger partial charge in [-0.05, 0) is 50.8 Å². The molecule has 0 saturated carbocycles. The second-order valence-corrected chi connectivity index (χ2v) is 11.9. The van der Waals surface area contributed by atoms with Gasteiger partial charge >= 0.3 is 12.6 Å². The van der Waals surface area contributed by atoms with Crippen LogP contribution in [0.25, 0.3) is 0 Å². The summed E-state index contributed by atoms with van der Waals surface area (Å²) in [5, 5.41) is 24.7. The maximum Gasteiger partial charge on any atom is 0.323 e. The first-order valence-electron chi connectivity index (χ1n) is 11.4. The molecule has 0 spiro atoms. The van der Waals surface area contributed by atoms with Crippen LogP contribution in [-0.2, 0) is 40.2 Å². The molecule has 2 aliphatic heterocycles. The highest BCUT2D eigenvalue weighted by Gasteiger charge is 2.58. The molecule has 6 atom stereocenters. The molecule has 2 aliphatic rings. The van der Waals surface area contributed by atoms with Gasteiger partial charge in [-0.2, -0.15) is 0 Å². The van der Waals surface area contributed by atoms with Gasteiger partial charge in [0.25, 0.3) is 0 Å². The van der Waals surface area contributed by atoms with Gasteiger partial charge in [0, 0.05) is 6.20 Å². The Morgan fingerprint density at radius 1 is 1.35 bits per heavy atom. The minimum absolute atomic E-state index is 0.354. The molecule has 0 aromatic heterocycles. The van der Waals surface area contributed by atoms with Gasteiger partial charge in [0.1, 0.15) is 24.0 Å². The molecule has 37 heavy (non-hydrogen) atoms. The summed E-state index contributed by atoms with van der Waals surface area (Å²) in [7, 11) is 0. The van der Waals surface area contributed by atoms with Crippen LogP contribution in [0.3, 0.4) is 0 Å². The number of benzene rings is 1. The maximum absolute atomic E-state index is 12.4. The first kappa shape index (κ1) is 28.9. The number of allylic oxidation sites excluding steroid dienone is 1. The number of rotatable bonds is 10. The van der Waals surface area contributed by atoms with Crippen molar-refractivity contribution in [2.24, 2.45) is 0 Å². The van der Waals surface area contributed by atoms with Crippen LogP contribution in [0.1, 0.15) is 27.2 Å². The van der Waals surface area contributed by atoms with E-state index in [2.05, 4.69) is 11.0 Å². The lowest BCUT2D eigenvalue weighted by atomic mass is 9.94. The van der Waals surface area contributed by atoms with E-state index in [1.54, 1.807) is 44.2 Å². The smallest absolute Gasteiger partial charge is 0.323 e. The second kappa shape index (κ2) is 11.8. The fourth-order valence-corrected chi connectivity index (χ4v) is 6.02. The number of nitrogens with zero attached hydrogens (tertiary/aromatic N) is 1. The van der Waals surface area contributed by atoms with E-state index in [0.717, 1.165) is 17.2 Å². The van der Waals surface area contributed by atoms with Crippen molar-refractivity contribution >= 4 is 36.1 Å². The van der Waals surface area contributed by atoms with Crippen molar-refractivity contribution in [2.75, 3.05) is 6.61 Å². The monoisotopic (exact) mass is 552 g/mol. The fourth-order valence-electron chi connectivity index (χ4n) is 3.60. The van der Waals surface area contributed by atoms with Crippen molar-refractivity contribution < 1.29 is 43.1 Å².